The summed E-state index contributed by atoms with van der Waals surface area (Å²) in [5.74, 6) is 0.576. The molecule has 1 aromatic heterocycles. The second-order valence-electron chi connectivity index (χ2n) is 7.39. The lowest BCUT2D eigenvalue weighted by atomic mass is 10.0. The van der Waals surface area contributed by atoms with Crippen LogP contribution in [0.2, 0.25) is 0 Å². The molecule has 2 aliphatic rings. The number of carbonyl (C=O) groups is 2. The zero-order valence-corrected chi connectivity index (χ0v) is 15.4. The van der Waals surface area contributed by atoms with Gasteiger partial charge in [0.05, 0.1) is 6.04 Å². The Kier molecular flexibility index (Phi) is 4.90. The number of nitrogens with one attached hydrogen (secondary N) is 2. The third-order valence-electron chi connectivity index (χ3n) is 5.40. The Bertz CT molecular complexity index is 839. The van der Waals surface area contributed by atoms with E-state index in [4.69, 9.17) is 0 Å². The van der Waals surface area contributed by atoms with Crippen LogP contribution in [-0.2, 0) is 4.79 Å². The van der Waals surface area contributed by atoms with Gasteiger partial charge in [0.1, 0.15) is 0 Å². The Morgan fingerprint density at radius 1 is 1.26 bits per heavy atom. The lowest BCUT2D eigenvalue weighted by Crippen LogP contribution is -2.48. The molecule has 27 heavy (non-hydrogen) atoms. The lowest BCUT2D eigenvalue weighted by molar-refractivity contribution is -0.117. The number of pyridine rings is 1. The Hall–Kier alpha value is -2.73. The van der Waals surface area contributed by atoms with Crippen molar-refractivity contribution in [1.82, 2.24) is 15.2 Å². The van der Waals surface area contributed by atoms with Gasteiger partial charge < -0.3 is 15.5 Å². The molecule has 2 aromatic rings. The summed E-state index contributed by atoms with van der Waals surface area (Å²) in [5, 5.41) is 6.30. The molecular formula is C21H24N4O2. The highest BCUT2D eigenvalue weighted by Gasteiger charge is 2.39. The molecule has 4 rings (SSSR count). The van der Waals surface area contributed by atoms with E-state index in [1.165, 1.54) is 0 Å². The van der Waals surface area contributed by atoms with Crippen molar-refractivity contribution in [2.24, 2.45) is 11.8 Å². The predicted molar refractivity (Wildman–Crippen MR) is 103 cm³/mol. The first-order valence-corrected chi connectivity index (χ1v) is 9.46. The number of nitrogens with zero attached hydrogens (tertiary/aromatic N) is 2. The molecule has 0 bridgehead atoms. The minimum atomic E-state index is -0.0505. The average Bonchev–Trinajstić information content (AvgIpc) is 3.45. The minimum absolute atomic E-state index is 0.0266. The number of anilines is 1. The third kappa shape index (κ3) is 3.85. The number of carbonyl (C=O) groups excluding carboxylic acids is 2. The molecule has 0 radical (unpaired) electrons. The standard InChI is InChI=1S/C21H24N4O2/c1-14-10-18(14)20(26)24-17-6-2-4-15(11-17)21(27)25-9-8-23-13-19(25)16-5-3-7-22-12-16/h2-7,11-12,14,18-19,23H,8-10,13H2,1H3,(H,24,26). The molecule has 1 saturated carbocycles. The molecule has 2 fully saturated rings. The normalized spacial score (nSPS) is 24.3. The molecule has 140 valence electrons. The maximum absolute atomic E-state index is 13.2. The van der Waals surface area contributed by atoms with Crippen LogP contribution in [0.1, 0.15) is 35.3 Å². The Labute approximate surface area is 159 Å². The first kappa shape index (κ1) is 17.7. The van der Waals surface area contributed by atoms with Crippen LogP contribution < -0.4 is 10.6 Å². The highest BCUT2D eigenvalue weighted by atomic mass is 16.2. The van der Waals surface area contributed by atoms with Gasteiger partial charge in [0.15, 0.2) is 0 Å². The number of rotatable bonds is 4. The topological polar surface area (TPSA) is 74.3 Å². The molecule has 3 atom stereocenters. The number of hydrogen-bond donors (Lipinski definition) is 2. The molecule has 2 heterocycles. The van der Waals surface area contributed by atoms with E-state index in [9.17, 15) is 9.59 Å². The van der Waals surface area contributed by atoms with Crippen LogP contribution in [0.3, 0.4) is 0 Å². The molecule has 1 saturated heterocycles. The van der Waals surface area contributed by atoms with E-state index in [2.05, 4.69) is 22.5 Å². The molecule has 2 N–H and O–H groups in total. The fraction of sp³-hybridized carbons (Fsp3) is 0.381. The first-order chi connectivity index (χ1) is 13.1. The Morgan fingerprint density at radius 2 is 2.11 bits per heavy atom. The summed E-state index contributed by atoms with van der Waals surface area (Å²) in [5.41, 5.74) is 2.29. The van der Waals surface area contributed by atoms with E-state index < -0.39 is 0 Å². The number of benzene rings is 1. The zero-order chi connectivity index (χ0) is 18.8. The summed E-state index contributed by atoms with van der Waals surface area (Å²) in [6, 6.07) is 11.1. The lowest BCUT2D eigenvalue weighted by Gasteiger charge is -2.36. The van der Waals surface area contributed by atoms with E-state index in [-0.39, 0.29) is 23.8 Å². The van der Waals surface area contributed by atoms with Crippen molar-refractivity contribution in [2.75, 3.05) is 25.0 Å². The van der Waals surface area contributed by atoms with Crippen LogP contribution >= 0.6 is 0 Å². The first-order valence-electron chi connectivity index (χ1n) is 9.46. The number of hydrogen-bond acceptors (Lipinski definition) is 4. The summed E-state index contributed by atoms with van der Waals surface area (Å²) in [6.07, 6.45) is 4.49. The number of amides is 2. The molecule has 1 aliphatic heterocycles. The SMILES string of the molecule is CC1CC1C(=O)Nc1cccc(C(=O)N2CCNCC2c2cccnc2)c1. The molecule has 6 nitrogen and oxygen atoms in total. The fourth-order valence-electron chi connectivity index (χ4n) is 3.64. The molecule has 6 heteroatoms. The molecule has 2 amide bonds. The summed E-state index contributed by atoms with van der Waals surface area (Å²) in [6.45, 7) is 4.17. The van der Waals surface area contributed by atoms with Crippen molar-refractivity contribution in [2.45, 2.75) is 19.4 Å². The highest BCUT2D eigenvalue weighted by molar-refractivity contribution is 5.98. The van der Waals surface area contributed by atoms with Crippen LogP contribution in [-0.4, -0.2) is 41.3 Å². The van der Waals surface area contributed by atoms with Gasteiger partial charge in [-0.25, -0.2) is 0 Å². The van der Waals surface area contributed by atoms with Crippen molar-refractivity contribution < 1.29 is 9.59 Å². The maximum atomic E-state index is 13.2. The average molecular weight is 364 g/mol. The molecule has 1 aliphatic carbocycles. The van der Waals surface area contributed by atoms with Gasteiger partial charge in [-0.15, -0.1) is 0 Å². The van der Waals surface area contributed by atoms with Crippen molar-refractivity contribution in [3.8, 4) is 0 Å². The van der Waals surface area contributed by atoms with Crippen molar-refractivity contribution in [3.63, 3.8) is 0 Å². The highest BCUT2D eigenvalue weighted by Crippen LogP contribution is 2.38. The van der Waals surface area contributed by atoms with Gasteiger partial charge in [-0.1, -0.05) is 19.1 Å². The molecule has 0 spiro atoms. The van der Waals surface area contributed by atoms with Gasteiger partial charge >= 0.3 is 0 Å². The summed E-state index contributed by atoms with van der Waals surface area (Å²) < 4.78 is 0. The largest absolute Gasteiger partial charge is 0.329 e. The van der Waals surface area contributed by atoms with Crippen molar-refractivity contribution in [3.05, 3.63) is 59.9 Å². The van der Waals surface area contributed by atoms with Crippen molar-refractivity contribution in [1.29, 1.82) is 0 Å². The second kappa shape index (κ2) is 7.48. The maximum Gasteiger partial charge on any atom is 0.254 e. The van der Waals surface area contributed by atoms with Gasteiger partial charge in [0.2, 0.25) is 5.91 Å². The monoisotopic (exact) mass is 364 g/mol. The van der Waals surface area contributed by atoms with E-state index in [1.807, 2.05) is 35.4 Å². The van der Waals surface area contributed by atoms with Crippen LogP contribution in [0, 0.1) is 11.8 Å². The van der Waals surface area contributed by atoms with E-state index >= 15 is 0 Å². The van der Waals surface area contributed by atoms with E-state index in [0.29, 0.717) is 30.3 Å². The quantitative estimate of drug-likeness (QED) is 0.874. The van der Waals surface area contributed by atoms with Crippen LogP contribution in [0.5, 0.6) is 0 Å². The molecule has 3 unspecified atom stereocenters. The van der Waals surface area contributed by atoms with E-state index in [1.54, 1.807) is 18.3 Å². The van der Waals surface area contributed by atoms with Crippen LogP contribution in [0.25, 0.3) is 0 Å². The Balaban J connectivity index is 1.52. The zero-order valence-electron chi connectivity index (χ0n) is 15.4. The molecular weight excluding hydrogens is 340 g/mol. The van der Waals surface area contributed by atoms with Crippen LogP contribution in [0.15, 0.2) is 48.8 Å². The summed E-state index contributed by atoms with van der Waals surface area (Å²) in [4.78, 5) is 31.4. The third-order valence-corrected chi connectivity index (χ3v) is 5.40. The number of aromatic nitrogens is 1. The smallest absolute Gasteiger partial charge is 0.254 e. The van der Waals surface area contributed by atoms with Gasteiger partial charge in [-0.05, 0) is 42.2 Å². The second-order valence-corrected chi connectivity index (χ2v) is 7.39. The van der Waals surface area contributed by atoms with Gasteiger partial charge in [0.25, 0.3) is 5.91 Å². The van der Waals surface area contributed by atoms with Gasteiger partial charge in [-0.3, -0.25) is 14.6 Å². The summed E-state index contributed by atoms with van der Waals surface area (Å²) in [7, 11) is 0. The number of piperazine rings is 1. The van der Waals surface area contributed by atoms with Gasteiger partial charge in [-0.2, -0.15) is 0 Å². The minimum Gasteiger partial charge on any atom is -0.329 e. The van der Waals surface area contributed by atoms with Crippen LogP contribution in [0.4, 0.5) is 5.69 Å². The molecule has 1 aromatic carbocycles. The Morgan fingerprint density at radius 3 is 2.85 bits per heavy atom. The fourth-order valence-corrected chi connectivity index (χ4v) is 3.64. The van der Waals surface area contributed by atoms with E-state index in [0.717, 1.165) is 18.5 Å². The summed E-state index contributed by atoms with van der Waals surface area (Å²) >= 11 is 0. The van der Waals surface area contributed by atoms with Gasteiger partial charge in [0, 0.05) is 49.2 Å². The predicted octanol–water partition coefficient (Wildman–Crippen LogP) is 2.46. The van der Waals surface area contributed by atoms with Crippen molar-refractivity contribution >= 4 is 17.5 Å².